The molecule has 0 atom stereocenters. The molecule has 21 heavy (non-hydrogen) atoms. The second kappa shape index (κ2) is 6.51. The molecule has 2 aromatic rings. The number of hydrazine groups is 1. The number of amides is 1. The number of nitrogens with zero attached hydrogens (tertiary/aromatic N) is 1. The van der Waals surface area contributed by atoms with Crippen LogP contribution in [0.4, 0.5) is 15.9 Å². The summed E-state index contributed by atoms with van der Waals surface area (Å²) >= 11 is 5.60. The standard InChI is InChI=1S/C14H14ClFN4O/c1-2-9-5-8(6-13(18-9)20-17)14(21)19-10-3-4-11(15)12(16)7-10/h3-7H,2,17H2,1H3,(H,18,20)(H,19,21). The van der Waals surface area contributed by atoms with Crippen LogP contribution in [0.3, 0.4) is 0 Å². The van der Waals surface area contributed by atoms with Gasteiger partial charge in [0.2, 0.25) is 0 Å². The molecule has 0 spiro atoms. The number of nitrogens with two attached hydrogens (primary N) is 1. The number of hydrogen-bond donors (Lipinski definition) is 3. The van der Waals surface area contributed by atoms with Crippen molar-refractivity contribution in [2.75, 3.05) is 10.7 Å². The molecule has 1 heterocycles. The Morgan fingerprint density at radius 3 is 2.76 bits per heavy atom. The topological polar surface area (TPSA) is 80.0 Å². The monoisotopic (exact) mass is 308 g/mol. The van der Waals surface area contributed by atoms with Gasteiger partial charge < -0.3 is 10.7 Å². The van der Waals surface area contributed by atoms with Gasteiger partial charge in [-0.15, -0.1) is 0 Å². The first-order valence-electron chi connectivity index (χ1n) is 6.27. The Bertz CT molecular complexity index is 656. The van der Waals surface area contributed by atoms with Crippen molar-refractivity contribution in [1.29, 1.82) is 0 Å². The van der Waals surface area contributed by atoms with Gasteiger partial charge in [0.25, 0.3) is 5.91 Å². The summed E-state index contributed by atoms with van der Waals surface area (Å²) in [5.41, 5.74) is 3.83. The molecule has 5 nitrogen and oxygen atoms in total. The number of benzene rings is 1. The number of pyridine rings is 1. The van der Waals surface area contributed by atoms with E-state index in [1.807, 2.05) is 6.92 Å². The van der Waals surface area contributed by atoms with Crippen LogP contribution in [0, 0.1) is 5.82 Å². The fraction of sp³-hybridized carbons (Fsp3) is 0.143. The molecule has 7 heteroatoms. The average molecular weight is 309 g/mol. The van der Waals surface area contributed by atoms with Crippen LogP contribution >= 0.6 is 11.6 Å². The van der Waals surface area contributed by atoms with Gasteiger partial charge in [-0.05, 0) is 36.8 Å². The summed E-state index contributed by atoms with van der Waals surface area (Å²) in [5, 5.41) is 2.59. The van der Waals surface area contributed by atoms with Gasteiger partial charge in [0, 0.05) is 16.9 Å². The Morgan fingerprint density at radius 1 is 1.38 bits per heavy atom. The number of hydrogen-bond acceptors (Lipinski definition) is 4. The van der Waals surface area contributed by atoms with Gasteiger partial charge in [0.15, 0.2) is 0 Å². The van der Waals surface area contributed by atoms with Crippen LogP contribution in [0.25, 0.3) is 0 Å². The maximum absolute atomic E-state index is 13.3. The second-order valence-electron chi connectivity index (χ2n) is 4.31. The molecule has 0 radical (unpaired) electrons. The molecule has 1 amide bonds. The normalized spacial score (nSPS) is 10.3. The van der Waals surface area contributed by atoms with Crippen molar-refractivity contribution in [3.8, 4) is 0 Å². The first-order valence-corrected chi connectivity index (χ1v) is 6.65. The Morgan fingerprint density at radius 2 is 2.14 bits per heavy atom. The molecule has 0 saturated heterocycles. The third-order valence-electron chi connectivity index (χ3n) is 2.83. The smallest absolute Gasteiger partial charge is 0.255 e. The Labute approximate surface area is 126 Å². The number of nitrogens with one attached hydrogen (secondary N) is 2. The van der Waals surface area contributed by atoms with Crippen molar-refractivity contribution < 1.29 is 9.18 Å². The number of carbonyl (C=O) groups excluding carboxylic acids is 1. The molecule has 0 aliphatic heterocycles. The molecule has 0 fully saturated rings. The van der Waals surface area contributed by atoms with Gasteiger partial charge >= 0.3 is 0 Å². The van der Waals surface area contributed by atoms with E-state index in [1.165, 1.54) is 18.2 Å². The van der Waals surface area contributed by atoms with E-state index in [4.69, 9.17) is 17.4 Å². The highest BCUT2D eigenvalue weighted by molar-refractivity contribution is 6.30. The minimum atomic E-state index is -0.595. The Hall–Kier alpha value is -2.18. The van der Waals surface area contributed by atoms with Crippen LogP contribution in [0.1, 0.15) is 23.0 Å². The van der Waals surface area contributed by atoms with Gasteiger partial charge in [-0.25, -0.2) is 15.2 Å². The molecule has 0 unspecified atom stereocenters. The second-order valence-corrected chi connectivity index (χ2v) is 4.72. The summed E-state index contributed by atoms with van der Waals surface area (Å²) in [5.74, 6) is 4.73. The van der Waals surface area contributed by atoms with Crippen molar-refractivity contribution in [2.24, 2.45) is 5.84 Å². The molecule has 1 aromatic carbocycles. The maximum Gasteiger partial charge on any atom is 0.255 e. The van der Waals surface area contributed by atoms with E-state index in [2.05, 4.69) is 15.7 Å². The fourth-order valence-corrected chi connectivity index (χ4v) is 1.87. The lowest BCUT2D eigenvalue weighted by atomic mass is 10.1. The van der Waals surface area contributed by atoms with Crippen LogP contribution in [0.5, 0.6) is 0 Å². The maximum atomic E-state index is 13.3. The quantitative estimate of drug-likeness (QED) is 0.599. The molecular weight excluding hydrogens is 295 g/mol. The van der Waals surface area contributed by atoms with E-state index >= 15 is 0 Å². The van der Waals surface area contributed by atoms with Crippen molar-refractivity contribution >= 4 is 29.0 Å². The van der Waals surface area contributed by atoms with E-state index < -0.39 is 5.82 Å². The van der Waals surface area contributed by atoms with Crippen molar-refractivity contribution in [3.05, 3.63) is 52.4 Å². The van der Waals surface area contributed by atoms with E-state index in [9.17, 15) is 9.18 Å². The lowest BCUT2D eigenvalue weighted by Gasteiger charge is -2.09. The molecule has 110 valence electrons. The number of carbonyl (C=O) groups is 1. The Kier molecular flexibility index (Phi) is 4.72. The van der Waals surface area contributed by atoms with Crippen LogP contribution < -0.4 is 16.6 Å². The van der Waals surface area contributed by atoms with Crippen LogP contribution in [-0.4, -0.2) is 10.9 Å². The molecule has 0 saturated carbocycles. The molecule has 0 aliphatic carbocycles. The largest absolute Gasteiger partial charge is 0.322 e. The zero-order valence-corrected chi connectivity index (χ0v) is 12.0. The van der Waals surface area contributed by atoms with Crippen molar-refractivity contribution in [2.45, 2.75) is 13.3 Å². The van der Waals surface area contributed by atoms with E-state index in [-0.39, 0.29) is 10.9 Å². The molecule has 0 aliphatic rings. The molecule has 4 N–H and O–H groups in total. The SMILES string of the molecule is CCc1cc(C(=O)Nc2ccc(Cl)c(F)c2)cc(NN)n1. The number of rotatable bonds is 4. The first kappa shape index (κ1) is 15.2. The van der Waals surface area contributed by atoms with Crippen LogP contribution in [-0.2, 0) is 6.42 Å². The lowest BCUT2D eigenvalue weighted by molar-refractivity contribution is 0.102. The third-order valence-corrected chi connectivity index (χ3v) is 3.13. The summed E-state index contributed by atoms with van der Waals surface area (Å²) in [7, 11) is 0. The summed E-state index contributed by atoms with van der Waals surface area (Å²) in [4.78, 5) is 16.4. The van der Waals surface area contributed by atoms with E-state index in [0.29, 0.717) is 23.5 Å². The molecule has 1 aromatic heterocycles. The summed E-state index contributed by atoms with van der Waals surface area (Å²) < 4.78 is 13.3. The van der Waals surface area contributed by atoms with Crippen LogP contribution in [0.15, 0.2) is 30.3 Å². The number of halogens is 2. The number of anilines is 2. The first-order chi connectivity index (χ1) is 10.0. The average Bonchev–Trinajstić information content (AvgIpc) is 2.50. The minimum Gasteiger partial charge on any atom is -0.322 e. The number of aryl methyl sites for hydroxylation is 1. The predicted octanol–water partition coefficient (Wildman–Crippen LogP) is 2.97. The molecule has 2 rings (SSSR count). The zero-order valence-electron chi connectivity index (χ0n) is 11.3. The van der Waals surface area contributed by atoms with Gasteiger partial charge in [0.1, 0.15) is 11.6 Å². The molecular formula is C14H14ClFN4O. The van der Waals surface area contributed by atoms with Gasteiger partial charge in [-0.1, -0.05) is 18.5 Å². The summed E-state index contributed by atoms with van der Waals surface area (Å²) in [6, 6.07) is 7.23. The fourth-order valence-electron chi connectivity index (χ4n) is 1.75. The zero-order chi connectivity index (χ0) is 15.4. The predicted molar refractivity (Wildman–Crippen MR) is 80.8 cm³/mol. The highest BCUT2D eigenvalue weighted by Crippen LogP contribution is 2.20. The van der Waals surface area contributed by atoms with Crippen LogP contribution in [0.2, 0.25) is 5.02 Å². The molecule has 0 bridgehead atoms. The van der Waals surface area contributed by atoms with Crippen molar-refractivity contribution in [3.63, 3.8) is 0 Å². The highest BCUT2D eigenvalue weighted by Gasteiger charge is 2.11. The van der Waals surface area contributed by atoms with Gasteiger partial charge in [0.05, 0.1) is 5.02 Å². The summed E-state index contributed by atoms with van der Waals surface area (Å²) in [6.07, 6.45) is 0.658. The van der Waals surface area contributed by atoms with E-state index in [0.717, 1.165) is 11.8 Å². The summed E-state index contributed by atoms with van der Waals surface area (Å²) in [6.45, 7) is 1.92. The van der Waals surface area contributed by atoms with E-state index in [1.54, 1.807) is 6.07 Å². The third kappa shape index (κ3) is 3.68. The van der Waals surface area contributed by atoms with Gasteiger partial charge in [-0.3, -0.25) is 4.79 Å². The Balaban J connectivity index is 2.25. The highest BCUT2D eigenvalue weighted by atomic mass is 35.5. The van der Waals surface area contributed by atoms with Crippen molar-refractivity contribution in [1.82, 2.24) is 4.98 Å². The number of aromatic nitrogens is 1. The minimum absolute atomic E-state index is 0.000188. The number of nitrogen functional groups attached to an aromatic ring is 1. The van der Waals surface area contributed by atoms with Gasteiger partial charge in [-0.2, -0.15) is 0 Å². The lowest BCUT2D eigenvalue weighted by Crippen LogP contribution is -2.15.